The number of hydrogen-bond acceptors (Lipinski definition) is 6. The smallest absolute Gasteiger partial charge is 0.410 e. The van der Waals surface area contributed by atoms with Crippen molar-refractivity contribution in [1.29, 1.82) is 0 Å². The molecule has 1 heterocycles. The molecule has 0 aliphatic carbocycles. The molecule has 0 fully saturated rings. The van der Waals surface area contributed by atoms with Crippen molar-refractivity contribution in [1.82, 2.24) is 4.90 Å². The second kappa shape index (κ2) is 6.80. The van der Waals surface area contributed by atoms with Gasteiger partial charge in [-0.1, -0.05) is 0 Å². The Morgan fingerprint density at radius 2 is 1.95 bits per heavy atom. The van der Waals surface area contributed by atoms with E-state index in [1.54, 1.807) is 20.8 Å². The molecule has 7 heteroatoms. The first-order valence-electron chi connectivity index (χ1n) is 6.66. The van der Waals surface area contributed by atoms with Crippen molar-refractivity contribution in [2.75, 3.05) is 33.9 Å². The minimum Gasteiger partial charge on any atom is -0.511 e. The van der Waals surface area contributed by atoms with Gasteiger partial charge in [0, 0.05) is 13.7 Å². The molecule has 7 nitrogen and oxygen atoms in total. The lowest BCUT2D eigenvalue weighted by molar-refractivity contribution is -0.137. The van der Waals surface area contributed by atoms with Gasteiger partial charge in [-0.05, 0) is 20.8 Å². The zero-order valence-corrected chi connectivity index (χ0v) is 13.1. The van der Waals surface area contributed by atoms with Crippen molar-refractivity contribution in [3.63, 3.8) is 0 Å². The number of amides is 1. The molecule has 0 aromatic rings. The van der Waals surface area contributed by atoms with Crippen LogP contribution in [-0.2, 0) is 19.0 Å². The largest absolute Gasteiger partial charge is 0.511 e. The Morgan fingerprint density at radius 1 is 1.33 bits per heavy atom. The molecule has 0 aromatic heterocycles. The Balaban J connectivity index is 2.97. The normalized spacial score (nSPS) is 19.5. The third-order valence-electron chi connectivity index (χ3n) is 2.94. The molecule has 1 rings (SSSR count). The van der Waals surface area contributed by atoms with E-state index in [0.717, 1.165) is 0 Å². The van der Waals surface area contributed by atoms with Gasteiger partial charge >= 0.3 is 12.1 Å². The average Bonchev–Trinajstić information content (AvgIpc) is 2.38. The van der Waals surface area contributed by atoms with Crippen LogP contribution in [0.1, 0.15) is 20.8 Å². The monoisotopic (exact) mass is 301 g/mol. The summed E-state index contributed by atoms with van der Waals surface area (Å²) in [5.41, 5.74) is -0.584. The highest BCUT2D eigenvalue weighted by Gasteiger charge is 2.35. The summed E-state index contributed by atoms with van der Waals surface area (Å²) in [4.78, 5) is 25.2. The van der Waals surface area contributed by atoms with E-state index in [4.69, 9.17) is 9.47 Å². The van der Waals surface area contributed by atoms with Gasteiger partial charge in [-0.3, -0.25) is 0 Å². The van der Waals surface area contributed by atoms with E-state index in [1.165, 1.54) is 19.1 Å². The Bertz CT molecular complexity index is 437. The molecule has 0 saturated carbocycles. The van der Waals surface area contributed by atoms with Gasteiger partial charge in [0.25, 0.3) is 0 Å². The summed E-state index contributed by atoms with van der Waals surface area (Å²) < 4.78 is 14.9. The van der Waals surface area contributed by atoms with E-state index in [9.17, 15) is 14.7 Å². The maximum atomic E-state index is 12.1. The van der Waals surface area contributed by atoms with Gasteiger partial charge in [0.15, 0.2) is 0 Å². The summed E-state index contributed by atoms with van der Waals surface area (Å²) in [6.45, 7) is 5.64. The summed E-state index contributed by atoms with van der Waals surface area (Å²) in [6, 6.07) is 0. The second-order valence-corrected chi connectivity index (χ2v) is 5.87. The minimum atomic E-state index is -0.665. The third-order valence-corrected chi connectivity index (χ3v) is 2.94. The summed E-state index contributed by atoms with van der Waals surface area (Å²) in [6.07, 6.45) is -0.544. The maximum absolute atomic E-state index is 12.1. The maximum Gasteiger partial charge on any atom is 0.410 e. The van der Waals surface area contributed by atoms with Crippen molar-refractivity contribution in [3.05, 3.63) is 11.3 Å². The fraction of sp³-hybridized carbons (Fsp3) is 0.714. The molecule has 1 atom stereocenters. The zero-order chi connectivity index (χ0) is 16.2. The molecule has 0 spiro atoms. The average molecular weight is 301 g/mol. The van der Waals surface area contributed by atoms with Gasteiger partial charge < -0.3 is 24.2 Å². The number of aliphatic hydroxyl groups is 1. The number of carbonyl (C=O) groups is 2. The van der Waals surface area contributed by atoms with Gasteiger partial charge in [-0.25, -0.2) is 9.59 Å². The quantitative estimate of drug-likeness (QED) is 0.795. The van der Waals surface area contributed by atoms with Crippen molar-refractivity contribution < 1.29 is 28.9 Å². The van der Waals surface area contributed by atoms with Gasteiger partial charge in [-0.2, -0.15) is 0 Å². The Kier molecular flexibility index (Phi) is 5.60. The predicted octanol–water partition coefficient (Wildman–Crippen LogP) is 1.48. The van der Waals surface area contributed by atoms with Crippen LogP contribution in [0.5, 0.6) is 0 Å². The third kappa shape index (κ3) is 4.63. The highest BCUT2D eigenvalue weighted by Crippen LogP contribution is 2.24. The molecule has 0 saturated heterocycles. The Labute approximate surface area is 124 Å². The molecule has 1 unspecified atom stereocenters. The van der Waals surface area contributed by atoms with Crippen molar-refractivity contribution in [3.8, 4) is 0 Å². The fourth-order valence-corrected chi connectivity index (χ4v) is 2.03. The number of ether oxygens (including phenoxy) is 3. The van der Waals surface area contributed by atoms with Crippen LogP contribution >= 0.6 is 0 Å². The molecular formula is C14H23NO6. The molecule has 1 aliphatic heterocycles. The van der Waals surface area contributed by atoms with Crippen LogP contribution in [0.25, 0.3) is 0 Å². The van der Waals surface area contributed by atoms with E-state index in [0.29, 0.717) is 0 Å². The van der Waals surface area contributed by atoms with Gasteiger partial charge in [-0.15, -0.1) is 0 Å². The van der Waals surface area contributed by atoms with Gasteiger partial charge in [0.1, 0.15) is 11.4 Å². The molecule has 0 radical (unpaired) electrons. The number of methoxy groups -OCH3 is 2. The molecule has 1 N–H and O–H groups in total. The molecule has 21 heavy (non-hydrogen) atoms. The fourth-order valence-electron chi connectivity index (χ4n) is 2.03. The number of esters is 1. The first kappa shape index (κ1) is 17.3. The van der Waals surface area contributed by atoms with E-state index in [1.807, 2.05) is 0 Å². The minimum absolute atomic E-state index is 0.0480. The molecular weight excluding hydrogens is 278 g/mol. The topological polar surface area (TPSA) is 85.3 Å². The standard InChI is InChI=1S/C14H23NO6/c1-14(2,3)21-13(18)15-6-9(8-19-4)11(16)10(7-15)12(17)20-5/h9,16H,6-8H2,1-5H3. The predicted molar refractivity (Wildman–Crippen MR) is 74.8 cm³/mol. The van der Waals surface area contributed by atoms with Gasteiger partial charge in [0.05, 0.1) is 31.8 Å². The molecule has 1 amide bonds. The van der Waals surface area contributed by atoms with Crippen molar-refractivity contribution >= 4 is 12.1 Å². The first-order valence-corrected chi connectivity index (χ1v) is 6.66. The van der Waals surface area contributed by atoms with E-state index >= 15 is 0 Å². The van der Waals surface area contributed by atoms with Crippen LogP contribution in [0.2, 0.25) is 0 Å². The van der Waals surface area contributed by atoms with Crippen LogP contribution in [0.15, 0.2) is 11.3 Å². The molecule has 0 aromatic carbocycles. The molecule has 120 valence electrons. The lowest BCUT2D eigenvalue weighted by atomic mass is 9.98. The number of carbonyl (C=O) groups excluding carboxylic acids is 2. The van der Waals surface area contributed by atoms with E-state index in [-0.39, 0.29) is 31.0 Å². The second-order valence-electron chi connectivity index (χ2n) is 5.87. The summed E-state index contributed by atoms with van der Waals surface area (Å²) in [7, 11) is 2.71. The Hall–Kier alpha value is -1.76. The summed E-state index contributed by atoms with van der Waals surface area (Å²) in [5.74, 6) is -1.24. The number of aliphatic hydroxyl groups excluding tert-OH is 1. The SMILES string of the molecule is COCC1CN(C(=O)OC(C)(C)C)CC(C(=O)OC)=C1O. The number of rotatable bonds is 3. The van der Waals surface area contributed by atoms with Crippen LogP contribution in [-0.4, -0.2) is 61.6 Å². The molecule has 0 bridgehead atoms. The highest BCUT2D eigenvalue weighted by atomic mass is 16.6. The first-order chi connectivity index (χ1) is 9.69. The Morgan fingerprint density at radius 3 is 2.43 bits per heavy atom. The van der Waals surface area contributed by atoms with Crippen molar-refractivity contribution in [2.45, 2.75) is 26.4 Å². The summed E-state index contributed by atoms with van der Waals surface area (Å²) in [5, 5.41) is 10.1. The van der Waals surface area contributed by atoms with Crippen molar-refractivity contribution in [2.24, 2.45) is 5.92 Å². The number of hydrogen-bond donors (Lipinski definition) is 1. The number of nitrogens with zero attached hydrogens (tertiary/aromatic N) is 1. The van der Waals surface area contributed by atoms with Crippen LogP contribution in [0.3, 0.4) is 0 Å². The zero-order valence-electron chi connectivity index (χ0n) is 13.1. The lowest BCUT2D eigenvalue weighted by Crippen LogP contribution is -2.46. The van der Waals surface area contributed by atoms with E-state index < -0.39 is 23.6 Å². The van der Waals surface area contributed by atoms with Crippen LogP contribution in [0, 0.1) is 5.92 Å². The van der Waals surface area contributed by atoms with Crippen LogP contribution < -0.4 is 0 Å². The van der Waals surface area contributed by atoms with E-state index in [2.05, 4.69) is 4.74 Å². The summed E-state index contributed by atoms with van der Waals surface area (Å²) >= 11 is 0. The lowest BCUT2D eigenvalue weighted by Gasteiger charge is -2.34. The highest BCUT2D eigenvalue weighted by molar-refractivity contribution is 5.90. The van der Waals surface area contributed by atoms with Crippen LogP contribution in [0.4, 0.5) is 4.79 Å². The molecule has 1 aliphatic rings. The van der Waals surface area contributed by atoms with Gasteiger partial charge in [0.2, 0.25) is 0 Å².